The Morgan fingerprint density at radius 1 is 0.900 bits per heavy atom. The second-order valence-electron chi connectivity index (χ2n) is 10.2. The molecule has 5 N–H and O–H groups in total. The van der Waals surface area contributed by atoms with Gasteiger partial charge in [0.2, 0.25) is 5.91 Å². The maximum absolute atomic E-state index is 12.4. The number of rotatable bonds is 12. The van der Waals surface area contributed by atoms with Crippen LogP contribution in [-0.2, 0) is 17.6 Å². The van der Waals surface area contributed by atoms with Crippen LogP contribution in [-0.4, -0.2) is 56.9 Å². The summed E-state index contributed by atoms with van der Waals surface area (Å²) >= 11 is 0. The number of aliphatic hydroxyl groups is 5. The Hall–Kier alpha value is -3.14. The summed E-state index contributed by atoms with van der Waals surface area (Å²) in [5.41, 5.74) is 3.38. The van der Waals surface area contributed by atoms with Crippen LogP contribution in [0.3, 0.4) is 0 Å². The van der Waals surface area contributed by atoms with Crippen molar-refractivity contribution in [3.05, 3.63) is 101 Å². The van der Waals surface area contributed by atoms with Crippen molar-refractivity contribution in [2.24, 2.45) is 0 Å². The standard InChI is InChI=1S/C23H29NO5.C9H11FO/c25-13-1-2-17-5-9-20(10-6-17)24-21(14-22(24)28)19-7-3-18(4-8-19)11-12-23(29,15-26)16-27;1-2-9(11)7-3-5-8(10)6-4-7/h3-10,21,25-27,29H,1-2,11-16H2;3-6,9,11H,2H2,1H3. The van der Waals surface area contributed by atoms with E-state index in [1.54, 1.807) is 17.0 Å². The number of carbonyl (C=O) groups excluding carboxylic acids is 1. The molecule has 1 heterocycles. The number of aliphatic hydroxyl groups excluding tert-OH is 4. The van der Waals surface area contributed by atoms with E-state index in [2.05, 4.69) is 0 Å². The largest absolute Gasteiger partial charge is 0.396 e. The van der Waals surface area contributed by atoms with Crippen LogP contribution in [0, 0.1) is 5.82 Å². The third-order valence-electron chi connectivity index (χ3n) is 7.26. The van der Waals surface area contributed by atoms with Gasteiger partial charge < -0.3 is 30.4 Å². The number of halogens is 1. The summed E-state index contributed by atoms with van der Waals surface area (Å²) in [6.07, 6.45) is 3.03. The summed E-state index contributed by atoms with van der Waals surface area (Å²) in [5, 5.41) is 46.6. The van der Waals surface area contributed by atoms with Crippen LogP contribution in [0.4, 0.5) is 10.1 Å². The lowest BCUT2D eigenvalue weighted by Crippen LogP contribution is -2.46. The first-order valence-electron chi connectivity index (χ1n) is 13.7. The zero-order valence-electron chi connectivity index (χ0n) is 22.9. The number of hydrogen-bond donors (Lipinski definition) is 5. The normalized spacial score (nSPS) is 15.7. The number of benzene rings is 3. The van der Waals surface area contributed by atoms with Gasteiger partial charge in [-0.3, -0.25) is 4.79 Å². The molecule has 1 aliphatic heterocycles. The van der Waals surface area contributed by atoms with Gasteiger partial charge in [0.1, 0.15) is 11.4 Å². The molecule has 1 aliphatic rings. The van der Waals surface area contributed by atoms with Crippen molar-refractivity contribution >= 4 is 11.6 Å². The number of anilines is 1. The minimum absolute atomic E-state index is 0.00616. The molecule has 40 heavy (non-hydrogen) atoms. The zero-order chi connectivity index (χ0) is 29.1. The van der Waals surface area contributed by atoms with Gasteiger partial charge in [-0.1, -0.05) is 55.5 Å². The Balaban J connectivity index is 0.000000336. The van der Waals surface area contributed by atoms with E-state index in [0.29, 0.717) is 19.3 Å². The molecule has 216 valence electrons. The maximum Gasteiger partial charge on any atom is 0.230 e. The van der Waals surface area contributed by atoms with E-state index in [1.807, 2.05) is 55.5 Å². The van der Waals surface area contributed by atoms with Gasteiger partial charge >= 0.3 is 0 Å². The Kier molecular flexibility index (Phi) is 11.8. The van der Waals surface area contributed by atoms with Crippen molar-refractivity contribution in [1.29, 1.82) is 0 Å². The van der Waals surface area contributed by atoms with Crippen molar-refractivity contribution < 1.29 is 34.7 Å². The van der Waals surface area contributed by atoms with Crippen LogP contribution in [0.2, 0.25) is 0 Å². The molecule has 1 saturated heterocycles. The monoisotopic (exact) mass is 553 g/mol. The molecule has 1 fully saturated rings. The van der Waals surface area contributed by atoms with Crippen LogP contribution in [0.1, 0.15) is 67.0 Å². The lowest BCUT2D eigenvalue weighted by molar-refractivity contribution is -0.124. The molecule has 4 rings (SSSR count). The van der Waals surface area contributed by atoms with Gasteiger partial charge in [0.15, 0.2) is 0 Å². The van der Waals surface area contributed by atoms with E-state index in [4.69, 9.17) is 5.11 Å². The Labute approximate surface area is 235 Å². The minimum Gasteiger partial charge on any atom is -0.396 e. The molecule has 0 aromatic heterocycles. The van der Waals surface area contributed by atoms with Crippen LogP contribution in [0.15, 0.2) is 72.8 Å². The molecule has 2 unspecified atom stereocenters. The second kappa shape index (κ2) is 15.0. The van der Waals surface area contributed by atoms with Crippen molar-refractivity contribution in [2.45, 2.75) is 63.2 Å². The first-order chi connectivity index (χ1) is 19.2. The molecule has 3 aromatic carbocycles. The average Bonchev–Trinajstić information content (AvgIpc) is 2.99. The van der Waals surface area contributed by atoms with Crippen molar-refractivity contribution in [3.63, 3.8) is 0 Å². The van der Waals surface area contributed by atoms with Gasteiger partial charge in [-0.25, -0.2) is 4.39 Å². The fraction of sp³-hybridized carbons (Fsp3) is 0.406. The van der Waals surface area contributed by atoms with Gasteiger partial charge in [0.05, 0.1) is 31.8 Å². The molecule has 1 amide bonds. The highest BCUT2D eigenvalue weighted by atomic mass is 19.1. The molecular formula is C32H40FNO6. The third kappa shape index (κ3) is 8.43. The number of carbonyl (C=O) groups is 1. The second-order valence-corrected chi connectivity index (χ2v) is 10.2. The predicted molar refractivity (Wildman–Crippen MR) is 152 cm³/mol. The van der Waals surface area contributed by atoms with Crippen LogP contribution in [0.25, 0.3) is 0 Å². The van der Waals surface area contributed by atoms with E-state index >= 15 is 0 Å². The average molecular weight is 554 g/mol. The molecule has 0 spiro atoms. The number of nitrogens with zero attached hydrogens (tertiary/aromatic N) is 1. The summed E-state index contributed by atoms with van der Waals surface area (Å²) in [6.45, 7) is 1.11. The molecule has 0 saturated carbocycles. The highest BCUT2D eigenvalue weighted by Gasteiger charge is 2.38. The highest BCUT2D eigenvalue weighted by molar-refractivity contribution is 6.01. The molecule has 0 bridgehead atoms. The van der Waals surface area contributed by atoms with Crippen molar-refractivity contribution in [2.75, 3.05) is 24.7 Å². The van der Waals surface area contributed by atoms with Crippen molar-refractivity contribution in [1.82, 2.24) is 0 Å². The first-order valence-corrected chi connectivity index (χ1v) is 13.7. The third-order valence-corrected chi connectivity index (χ3v) is 7.26. The Morgan fingerprint density at radius 3 is 2.00 bits per heavy atom. The molecule has 2 atom stereocenters. The zero-order valence-corrected chi connectivity index (χ0v) is 22.9. The Bertz CT molecular complexity index is 1180. The SMILES string of the molecule is CCC(O)c1ccc(F)cc1.O=C1CC(c2ccc(CCC(O)(CO)CO)cc2)N1c1ccc(CCCO)cc1. The smallest absolute Gasteiger partial charge is 0.230 e. The van der Waals surface area contributed by atoms with E-state index in [-0.39, 0.29) is 30.8 Å². The molecule has 0 radical (unpaired) electrons. The van der Waals surface area contributed by atoms with Gasteiger partial charge in [-0.05, 0) is 78.6 Å². The summed E-state index contributed by atoms with van der Waals surface area (Å²) in [6, 6.07) is 21.7. The van der Waals surface area contributed by atoms with Crippen LogP contribution in [0.5, 0.6) is 0 Å². The lowest BCUT2D eigenvalue weighted by Gasteiger charge is -2.41. The molecule has 8 heteroatoms. The van der Waals surface area contributed by atoms with Crippen LogP contribution < -0.4 is 4.90 Å². The summed E-state index contributed by atoms with van der Waals surface area (Å²) < 4.78 is 12.4. The first kappa shape index (κ1) is 31.4. The maximum atomic E-state index is 12.4. The fourth-order valence-corrected chi connectivity index (χ4v) is 4.53. The van der Waals surface area contributed by atoms with E-state index < -0.39 is 24.9 Å². The summed E-state index contributed by atoms with van der Waals surface area (Å²) in [5.74, 6) is -0.171. The highest BCUT2D eigenvalue weighted by Crippen LogP contribution is 2.39. The number of aryl methyl sites for hydroxylation is 2. The van der Waals surface area contributed by atoms with E-state index in [1.165, 1.54) is 12.1 Å². The number of amides is 1. The molecule has 3 aromatic rings. The van der Waals surface area contributed by atoms with Gasteiger partial charge in [-0.2, -0.15) is 0 Å². The van der Waals surface area contributed by atoms with Gasteiger partial charge in [0.25, 0.3) is 0 Å². The number of hydrogen-bond acceptors (Lipinski definition) is 6. The molecule has 7 nitrogen and oxygen atoms in total. The van der Waals surface area contributed by atoms with Gasteiger partial charge in [-0.15, -0.1) is 0 Å². The summed E-state index contributed by atoms with van der Waals surface area (Å²) in [7, 11) is 0. The molecule has 0 aliphatic carbocycles. The number of β-lactam (4-membered cyclic amide) rings is 1. The lowest BCUT2D eigenvalue weighted by atomic mass is 9.91. The topological polar surface area (TPSA) is 121 Å². The minimum atomic E-state index is -1.46. The molecular weight excluding hydrogens is 513 g/mol. The fourth-order valence-electron chi connectivity index (χ4n) is 4.53. The van der Waals surface area contributed by atoms with Crippen LogP contribution >= 0.6 is 0 Å². The quantitative estimate of drug-likeness (QED) is 0.216. The Morgan fingerprint density at radius 2 is 1.48 bits per heavy atom. The van der Waals surface area contributed by atoms with E-state index in [0.717, 1.165) is 40.8 Å². The predicted octanol–water partition coefficient (Wildman–Crippen LogP) is 4.01. The van der Waals surface area contributed by atoms with Gasteiger partial charge in [0, 0.05) is 12.3 Å². The van der Waals surface area contributed by atoms with E-state index in [9.17, 15) is 29.6 Å². The summed E-state index contributed by atoms with van der Waals surface area (Å²) in [4.78, 5) is 14.0. The van der Waals surface area contributed by atoms with Crippen molar-refractivity contribution in [3.8, 4) is 0 Å².